The number of anilines is 1. The van der Waals surface area contributed by atoms with Crippen molar-refractivity contribution in [2.75, 3.05) is 25.4 Å². The zero-order chi connectivity index (χ0) is 15.6. The van der Waals surface area contributed by atoms with E-state index in [4.69, 9.17) is 10.5 Å². The molecule has 7 heteroatoms. The van der Waals surface area contributed by atoms with E-state index in [0.29, 0.717) is 25.1 Å². The van der Waals surface area contributed by atoms with E-state index < -0.39 is 15.8 Å². The fourth-order valence-electron chi connectivity index (χ4n) is 2.50. The summed E-state index contributed by atoms with van der Waals surface area (Å²) in [5, 5.41) is 0. The van der Waals surface area contributed by atoms with Gasteiger partial charge in [0.2, 0.25) is 10.0 Å². The Hall–Kier alpha value is -1.18. The van der Waals surface area contributed by atoms with Crippen LogP contribution in [0.5, 0.6) is 0 Å². The number of aryl methyl sites for hydroxylation is 1. The quantitative estimate of drug-likeness (QED) is 0.861. The third-order valence-corrected chi connectivity index (χ3v) is 5.56. The van der Waals surface area contributed by atoms with Crippen LogP contribution in [0, 0.1) is 12.7 Å². The van der Waals surface area contributed by atoms with Crippen LogP contribution in [0.4, 0.5) is 10.1 Å². The van der Waals surface area contributed by atoms with E-state index in [-0.39, 0.29) is 23.2 Å². The molecule has 0 spiro atoms. The van der Waals surface area contributed by atoms with Crippen molar-refractivity contribution in [2.24, 2.45) is 0 Å². The van der Waals surface area contributed by atoms with Crippen LogP contribution in [-0.4, -0.2) is 38.5 Å². The molecule has 5 nitrogen and oxygen atoms in total. The van der Waals surface area contributed by atoms with E-state index in [1.54, 1.807) is 6.92 Å². The van der Waals surface area contributed by atoms with Gasteiger partial charge < -0.3 is 10.5 Å². The Kier molecular flexibility index (Phi) is 4.85. The largest absolute Gasteiger partial charge is 0.398 e. The molecule has 1 fully saturated rings. The molecule has 0 aliphatic carbocycles. The van der Waals surface area contributed by atoms with Gasteiger partial charge in [0.05, 0.1) is 6.10 Å². The van der Waals surface area contributed by atoms with Crippen molar-refractivity contribution in [3.63, 3.8) is 0 Å². The molecule has 1 unspecified atom stereocenters. The highest BCUT2D eigenvalue weighted by Gasteiger charge is 2.32. The van der Waals surface area contributed by atoms with Gasteiger partial charge in [0.1, 0.15) is 10.7 Å². The molecule has 0 radical (unpaired) electrons. The highest BCUT2D eigenvalue weighted by atomic mass is 32.2. The second-order valence-electron chi connectivity index (χ2n) is 5.22. The summed E-state index contributed by atoms with van der Waals surface area (Å²) in [5.41, 5.74) is 6.51. The molecular weight excluding hydrogens is 295 g/mol. The number of rotatable bonds is 4. The average molecular weight is 316 g/mol. The van der Waals surface area contributed by atoms with Crippen LogP contribution >= 0.6 is 0 Å². The lowest BCUT2D eigenvalue weighted by Gasteiger charge is -2.31. The smallest absolute Gasteiger partial charge is 0.246 e. The summed E-state index contributed by atoms with van der Waals surface area (Å²) in [6, 6.07) is 2.36. The summed E-state index contributed by atoms with van der Waals surface area (Å²) in [6.07, 6.45) is 1.38. The summed E-state index contributed by atoms with van der Waals surface area (Å²) in [7, 11) is -3.88. The van der Waals surface area contributed by atoms with Crippen molar-refractivity contribution < 1.29 is 17.5 Å². The van der Waals surface area contributed by atoms with Crippen LogP contribution in [-0.2, 0) is 14.8 Å². The van der Waals surface area contributed by atoms with Crippen LogP contribution in [0.3, 0.4) is 0 Å². The molecule has 0 aromatic heterocycles. The number of nitrogens with two attached hydrogens (primary N) is 1. The molecular formula is C14H21FN2O3S. The van der Waals surface area contributed by atoms with Crippen LogP contribution in [0.1, 0.15) is 25.3 Å². The minimum atomic E-state index is -3.88. The fraction of sp³-hybridized carbons (Fsp3) is 0.571. The van der Waals surface area contributed by atoms with Gasteiger partial charge in [-0.25, -0.2) is 12.8 Å². The van der Waals surface area contributed by atoms with Gasteiger partial charge in [-0.15, -0.1) is 0 Å². The topological polar surface area (TPSA) is 72.6 Å². The Bertz CT molecular complexity index is 617. The molecule has 1 aromatic carbocycles. The normalized spacial score (nSPS) is 20.6. The van der Waals surface area contributed by atoms with Gasteiger partial charge in [-0.2, -0.15) is 4.31 Å². The van der Waals surface area contributed by atoms with E-state index >= 15 is 0 Å². The van der Waals surface area contributed by atoms with Gasteiger partial charge in [-0.3, -0.25) is 0 Å². The lowest BCUT2D eigenvalue weighted by molar-refractivity contribution is 0.0264. The average Bonchev–Trinajstić information content (AvgIpc) is 2.43. The molecule has 2 N–H and O–H groups in total. The standard InChI is InChI=1S/C14H21FN2O3S/c1-3-20-11-5-4-6-17(9-11)21(18,19)14-8-13(16)10(2)7-12(14)15/h7-8,11H,3-6,9,16H2,1-2H3. The van der Waals surface area contributed by atoms with Crippen LogP contribution < -0.4 is 5.73 Å². The van der Waals surface area contributed by atoms with Crippen LogP contribution in [0.2, 0.25) is 0 Å². The summed E-state index contributed by atoms with van der Waals surface area (Å²) < 4.78 is 46.0. The predicted molar refractivity (Wildman–Crippen MR) is 79.0 cm³/mol. The van der Waals surface area contributed by atoms with Crippen molar-refractivity contribution in [2.45, 2.75) is 37.7 Å². The molecule has 1 saturated heterocycles. The lowest BCUT2D eigenvalue weighted by atomic mass is 10.1. The van der Waals surface area contributed by atoms with Crippen molar-refractivity contribution in [3.05, 3.63) is 23.5 Å². The molecule has 0 bridgehead atoms. The highest BCUT2D eigenvalue weighted by Crippen LogP contribution is 2.27. The number of ether oxygens (including phenoxy) is 1. The number of piperidine rings is 1. The minimum Gasteiger partial charge on any atom is -0.398 e. The molecule has 1 heterocycles. The summed E-state index contributed by atoms with van der Waals surface area (Å²) in [4.78, 5) is -0.359. The SMILES string of the molecule is CCOC1CCCN(S(=O)(=O)c2cc(N)c(C)cc2F)C1. The first kappa shape index (κ1) is 16.2. The Morgan fingerprint density at radius 3 is 2.86 bits per heavy atom. The lowest BCUT2D eigenvalue weighted by Crippen LogP contribution is -2.43. The first-order valence-electron chi connectivity index (χ1n) is 7.03. The molecule has 1 atom stereocenters. The Labute approximate surface area is 124 Å². The summed E-state index contributed by atoms with van der Waals surface area (Å²) >= 11 is 0. The first-order chi connectivity index (χ1) is 9.86. The molecule has 1 aromatic rings. The van der Waals surface area contributed by atoms with E-state index in [1.165, 1.54) is 10.4 Å². The Balaban J connectivity index is 2.31. The van der Waals surface area contributed by atoms with Crippen molar-refractivity contribution in [1.29, 1.82) is 0 Å². The Morgan fingerprint density at radius 1 is 1.48 bits per heavy atom. The van der Waals surface area contributed by atoms with Crippen molar-refractivity contribution in [1.82, 2.24) is 4.31 Å². The number of nitrogen functional groups attached to an aromatic ring is 1. The van der Waals surface area contributed by atoms with E-state index in [0.717, 1.165) is 12.5 Å². The van der Waals surface area contributed by atoms with Crippen LogP contribution in [0.15, 0.2) is 17.0 Å². The third-order valence-electron chi connectivity index (χ3n) is 3.68. The van der Waals surface area contributed by atoms with Crippen molar-refractivity contribution in [3.8, 4) is 0 Å². The van der Waals surface area contributed by atoms with E-state index in [1.807, 2.05) is 6.92 Å². The molecule has 0 amide bonds. The number of nitrogens with zero attached hydrogens (tertiary/aromatic N) is 1. The molecule has 2 rings (SSSR count). The molecule has 0 saturated carbocycles. The van der Waals surface area contributed by atoms with Gasteiger partial charge in [0.25, 0.3) is 0 Å². The third kappa shape index (κ3) is 3.36. The molecule has 21 heavy (non-hydrogen) atoms. The second kappa shape index (κ2) is 6.29. The Morgan fingerprint density at radius 2 is 2.19 bits per heavy atom. The zero-order valence-electron chi connectivity index (χ0n) is 12.3. The first-order valence-corrected chi connectivity index (χ1v) is 8.47. The van der Waals surface area contributed by atoms with Gasteiger partial charge in [-0.1, -0.05) is 0 Å². The molecule has 118 valence electrons. The predicted octanol–water partition coefficient (Wildman–Crippen LogP) is 1.91. The fourth-order valence-corrected chi connectivity index (χ4v) is 4.09. The number of hydrogen-bond acceptors (Lipinski definition) is 4. The molecule has 1 aliphatic heterocycles. The molecule has 1 aliphatic rings. The van der Waals surface area contributed by atoms with E-state index in [9.17, 15) is 12.8 Å². The van der Waals surface area contributed by atoms with E-state index in [2.05, 4.69) is 0 Å². The number of benzene rings is 1. The van der Waals surface area contributed by atoms with Gasteiger partial charge in [0.15, 0.2) is 0 Å². The number of sulfonamides is 1. The minimum absolute atomic E-state index is 0.135. The second-order valence-corrected chi connectivity index (χ2v) is 7.13. The van der Waals surface area contributed by atoms with Gasteiger partial charge in [-0.05, 0) is 44.4 Å². The summed E-state index contributed by atoms with van der Waals surface area (Å²) in [5.74, 6) is -0.764. The zero-order valence-corrected chi connectivity index (χ0v) is 13.1. The highest BCUT2D eigenvalue weighted by molar-refractivity contribution is 7.89. The maximum absolute atomic E-state index is 14.0. The van der Waals surface area contributed by atoms with Gasteiger partial charge in [0, 0.05) is 25.4 Å². The number of hydrogen-bond donors (Lipinski definition) is 1. The van der Waals surface area contributed by atoms with Crippen molar-refractivity contribution >= 4 is 15.7 Å². The van der Waals surface area contributed by atoms with Gasteiger partial charge >= 0.3 is 0 Å². The van der Waals surface area contributed by atoms with Crippen LogP contribution in [0.25, 0.3) is 0 Å². The number of halogens is 1. The maximum atomic E-state index is 14.0. The maximum Gasteiger partial charge on any atom is 0.246 e. The monoisotopic (exact) mass is 316 g/mol. The summed E-state index contributed by atoms with van der Waals surface area (Å²) in [6.45, 7) is 4.67.